The van der Waals surface area contributed by atoms with Gasteiger partial charge in [-0.15, -0.1) is 11.6 Å². The maximum Gasteiger partial charge on any atom is 0.0716 e. The fourth-order valence-electron chi connectivity index (χ4n) is 1.30. The normalized spacial score (nSPS) is 13.3. The first-order valence-electron chi connectivity index (χ1n) is 4.02. The first-order chi connectivity index (χ1) is 5.63. The summed E-state index contributed by atoms with van der Waals surface area (Å²) in [5, 5.41) is 9.30. The number of aromatic amines is 1. The van der Waals surface area contributed by atoms with Gasteiger partial charge in [-0.25, -0.2) is 0 Å². The number of rotatable bonds is 3. The summed E-state index contributed by atoms with van der Waals surface area (Å²) in [5.74, 6) is 0.295. The Hall–Kier alpha value is -0.470. The number of H-pyrrole nitrogens is 1. The van der Waals surface area contributed by atoms with Gasteiger partial charge >= 0.3 is 0 Å². The van der Waals surface area contributed by atoms with Gasteiger partial charge in [0.05, 0.1) is 6.10 Å². The van der Waals surface area contributed by atoms with Gasteiger partial charge in [-0.05, 0) is 25.5 Å². The average molecular weight is 188 g/mol. The van der Waals surface area contributed by atoms with Crippen molar-refractivity contribution < 1.29 is 5.11 Å². The van der Waals surface area contributed by atoms with Crippen molar-refractivity contribution in [1.82, 2.24) is 4.98 Å². The van der Waals surface area contributed by atoms with Gasteiger partial charge in [0.15, 0.2) is 0 Å². The smallest absolute Gasteiger partial charge is 0.0716 e. The van der Waals surface area contributed by atoms with E-state index < -0.39 is 6.10 Å². The van der Waals surface area contributed by atoms with Crippen molar-refractivity contribution >= 4 is 11.6 Å². The van der Waals surface area contributed by atoms with Crippen molar-refractivity contribution in [1.29, 1.82) is 0 Å². The molecule has 0 unspecified atom stereocenters. The highest BCUT2D eigenvalue weighted by molar-refractivity contribution is 6.18. The summed E-state index contributed by atoms with van der Waals surface area (Å²) in [6.45, 7) is 4.01. The lowest BCUT2D eigenvalue weighted by atomic mass is 10.1. The maximum atomic E-state index is 9.30. The van der Waals surface area contributed by atoms with Crippen LogP contribution in [0.25, 0.3) is 0 Å². The number of hydrogen-bond acceptors (Lipinski definition) is 1. The van der Waals surface area contributed by atoms with Crippen molar-refractivity contribution in [3.05, 3.63) is 23.0 Å². The van der Waals surface area contributed by atoms with E-state index in [-0.39, 0.29) is 0 Å². The molecule has 0 aliphatic carbocycles. The van der Waals surface area contributed by atoms with Crippen molar-refractivity contribution in [2.75, 3.05) is 5.88 Å². The second kappa shape index (κ2) is 3.97. The molecule has 0 saturated carbocycles. The Morgan fingerprint density at radius 1 is 1.58 bits per heavy atom. The topological polar surface area (TPSA) is 36.0 Å². The summed E-state index contributed by atoms with van der Waals surface area (Å²) in [7, 11) is 0. The first-order valence-corrected chi connectivity index (χ1v) is 4.56. The van der Waals surface area contributed by atoms with Crippen LogP contribution in [0.1, 0.15) is 17.0 Å². The Kier molecular flexibility index (Phi) is 3.18. The second-order valence-electron chi connectivity index (χ2n) is 3.11. The van der Waals surface area contributed by atoms with Crippen molar-refractivity contribution in [2.45, 2.75) is 26.4 Å². The number of aromatic nitrogens is 1. The molecule has 1 aromatic heterocycles. The van der Waals surface area contributed by atoms with Gasteiger partial charge in [0, 0.05) is 23.7 Å². The molecule has 0 aromatic carbocycles. The Morgan fingerprint density at radius 3 is 2.67 bits per heavy atom. The maximum absolute atomic E-state index is 9.30. The van der Waals surface area contributed by atoms with Gasteiger partial charge in [0.2, 0.25) is 0 Å². The van der Waals surface area contributed by atoms with E-state index in [0.717, 1.165) is 17.0 Å². The zero-order chi connectivity index (χ0) is 9.14. The molecule has 0 aliphatic rings. The fraction of sp³-hybridized carbons (Fsp3) is 0.556. The van der Waals surface area contributed by atoms with Crippen molar-refractivity contribution in [3.63, 3.8) is 0 Å². The Morgan fingerprint density at radius 2 is 2.25 bits per heavy atom. The molecule has 1 aromatic rings. The third kappa shape index (κ3) is 2.26. The first kappa shape index (κ1) is 9.62. The summed E-state index contributed by atoms with van der Waals surface area (Å²) in [4.78, 5) is 3.18. The zero-order valence-corrected chi connectivity index (χ0v) is 8.15. The highest BCUT2D eigenvalue weighted by atomic mass is 35.5. The number of nitrogens with one attached hydrogen (secondary N) is 1. The monoisotopic (exact) mass is 187 g/mol. The summed E-state index contributed by atoms with van der Waals surface area (Å²) in [6, 6.07) is 2.05. The van der Waals surface area contributed by atoms with E-state index in [1.54, 1.807) is 0 Å². The molecule has 0 radical (unpaired) electrons. The lowest BCUT2D eigenvalue weighted by Crippen LogP contribution is -2.11. The van der Waals surface area contributed by atoms with Crippen LogP contribution >= 0.6 is 11.6 Å². The summed E-state index contributed by atoms with van der Waals surface area (Å²) < 4.78 is 0. The molecule has 12 heavy (non-hydrogen) atoms. The average Bonchev–Trinajstić information content (AvgIpc) is 2.30. The lowest BCUT2D eigenvalue weighted by Gasteiger charge is -2.04. The zero-order valence-electron chi connectivity index (χ0n) is 7.39. The summed E-state index contributed by atoms with van der Waals surface area (Å²) in [6.07, 6.45) is 0.209. The molecule has 2 nitrogen and oxygen atoms in total. The number of halogens is 1. The van der Waals surface area contributed by atoms with Crippen LogP contribution in [0.15, 0.2) is 6.07 Å². The third-order valence-electron chi connectivity index (χ3n) is 1.89. The Labute approximate surface area is 77.6 Å². The van der Waals surface area contributed by atoms with E-state index in [9.17, 15) is 5.11 Å². The molecular formula is C9H14ClNO. The van der Waals surface area contributed by atoms with E-state index >= 15 is 0 Å². The van der Waals surface area contributed by atoms with E-state index in [0.29, 0.717) is 12.3 Å². The number of hydrogen-bond donors (Lipinski definition) is 2. The number of aliphatic hydroxyl groups excluding tert-OH is 1. The Balaban J connectivity index is 2.68. The molecule has 1 heterocycles. The van der Waals surface area contributed by atoms with E-state index in [1.165, 1.54) is 0 Å². The predicted molar refractivity (Wildman–Crippen MR) is 50.7 cm³/mol. The van der Waals surface area contributed by atoms with E-state index in [4.69, 9.17) is 11.6 Å². The predicted octanol–water partition coefficient (Wildman–Crippen LogP) is 1.77. The van der Waals surface area contributed by atoms with Crippen LogP contribution < -0.4 is 0 Å². The van der Waals surface area contributed by atoms with Crippen molar-refractivity contribution in [3.8, 4) is 0 Å². The van der Waals surface area contributed by atoms with Gasteiger partial charge in [-0.3, -0.25) is 0 Å². The van der Waals surface area contributed by atoms with Crippen LogP contribution in [0.3, 0.4) is 0 Å². The molecule has 2 N–H and O–H groups in total. The molecule has 0 aliphatic heterocycles. The van der Waals surface area contributed by atoms with Gasteiger partial charge in [-0.2, -0.15) is 0 Å². The van der Waals surface area contributed by atoms with Crippen LogP contribution in [0.5, 0.6) is 0 Å². The SMILES string of the molecule is Cc1cc(C[C@H](O)CCl)c(C)[nH]1. The van der Waals surface area contributed by atoms with Crippen LogP contribution in [-0.2, 0) is 6.42 Å². The highest BCUT2D eigenvalue weighted by Gasteiger charge is 2.07. The second-order valence-corrected chi connectivity index (χ2v) is 3.42. The van der Waals surface area contributed by atoms with Crippen LogP contribution in [0.2, 0.25) is 0 Å². The van der Waals surface area contributed by atoms with Gasteiger partial charge < -0.3 is 10.1 Å². The van der Waals surface area contributed by atoms with Crippen LogP contribution in [0, 0.1) is 13.8 Å². The van der Waals surface area contributed by atoms with Gasteiger partial charge in [0.1, 0.15) is 0 Å². The number of aliphatic hydroxyl groups is 1. The van der Waals surface area contributed by atoms with E-state index in [1.807, 2.05) is 19.9 Å². The molecule has 0 bridgehead atoms. The van der Waals surface area contributed by atoms with Gasteiger partial charge in [0.25, 0.3) is 0 Å². The molecule has 0 amide bonds. The van der Waals surface area contributed by atoms with Gasteiger partial charge in [-0.1, -0.05) is 0 Å². The summed E-state index contributed by atoms with van der Waals surface area (Å²) >= 11 is 5.50. The minimum atomic E-state index is -0.430. The minimum absolute atomic E-state index is 0.295. The molecule has 3 heteroatoms. The number of alkyl halides is 1. The molecule has 1 rings (SSSR count). The van der Waals surface area contributed by atoms with Crippen LogP contribution in [-0.4, -0.2) is 22.1 Å². The van der Waals surface area contributed by atoms with Crippen molar-refractivity contribution in [2.24, 2.45) is 0 Å². The van der Waals surface area contributed by atoms with Crippen LogP contribution in [0.4, 0.5) is 0 Å². The minimum Gasteiger partial charge on any atom is -0.392 e. The number of aryl methyl sites for hydroxylation is 2. The van der Waals surface area contributed by atoms with E-state index in [2.05, 4.69) is 4.98 Å². The summed E-state index contributed by atoms with van der Waals surface area (Å²) in [5.41, 5.74) is 3.40. The third-order valence-corrected chi connectivity index (χ3v) is 2.25. The molecule has 68 valence electrons. The molecular weight excluding hydrogens is 174 g/mol. The lowest BCUT2D eigenvalue weighted by molar-refractivity contribution is 0.198. The largest absolute Gasteiger partial charge is 0.392 e. The fourth-order valence-corrected chi connectivity index (χ4v) is 1.41. The highest BCUT2D eigenvalue weighted by Crippen LogP contribution is 2.11. The molecule has 1 atom stereocenters. The molecule has 0 spiro atoms. The quantitative estimate of drug-likeness (QED) is 0.696. The molecule has 0 saturated heterocycles. The molecule has 0 fully saturated rings. The Bertz CT molecular complexity index is 257. The standard InChI is InChI=1S/C9H14ClNO/c1-6-3-8(7(2)11-6)4-9(12)5-10/h3,9,11-12H,4-5H2,1-2H3/t9-/m0/s1.